The molecule has 2 heterocycles. The first-order valence-electron chi connectivity index (χ1n) is 9.13. The largest absolute Gasteiger partial charge is 0.271 e. The Labute approximate surface area is 189 Å². The molecule has 1 N–H and O–H groups in total. The Hall–Kier alpha value is -2.88. The van der Waals surface area contributed by atoms with Crippen molar-refractivity contribution < 1.29 is 13.2 Å². The summed E-state index contributed by atoms with van der Waals surface area (Å²) in [7, 11) is -2.21. The van der Waals surface area contributed by atoms with Gasteiger partial charge in [0.25, 0.3) is 15.9 Å². The molecule has 1 aliphatic heterocycles. The zero-order valence-corrected chi connectivity index (χ0v) is 18.8. The molecule has 0 bridgehead atoms. The van der Waals surface area contributed by atoms with Crippen LogP contribution in [-0.2, 0) is 21.4 Å². The van der Waals surface area contributed by atoms with E-state index in [2.05, 4.69) is 15.6 Å². The number of carbonyl (C=O) groups is 1. The lowest BCUT2D eigenvalue weighted by Gasteiger charge is -2.26. The van der Waals surface area contributed by atoms with Crippen molar-refractivity contribution in [3.05, 3.63) is 63.8 Å². The number of fused-ring (bicyclic) bond motifs is 3. The van der Waals surface area contributed by atoms with Crippen molar-refractivity contribution in [1.82, 2.24) is 15.2 Å². The van der Waals surface area contributed by atoms with Gasteiger partial charge in [0, 0.05) is 12.6 Å². The second kappa shape index (κ2) is 7.99. The highest BCUT2D eigenvalue weighted by atomic mass is 35.5. The van der Waals surface area contributed by atoms with E-state index in [0.717, 1.165) is 0 Å². The summed E-state index contributed by atoms with van der Waals surface area (Å²) < 4.78 is 28.3. The van der Waals surface area contributed by atoms with Crippen molar-refractivity contribution in [1.29, 1.82) is 0 Å². The molecule has 4 rings (SSSR count). The number of amides is 1. The number of nitrogens with zero attached hydrogens (tertiary/aromatic N) is 4. The van der Waals surface area contributed by atoms with Crippen LogP contribution < -0.4 is 9.73 Å². The molecule has 0 aliphatic carbocycles. The van der Waals surface area contributed by atoms with E-state index in [1.54, 1.807) is 49.4 Å². The number of nitrogens with one attached hydrogen (secondary N) is 1. The van der Waals surface area contributed by atoms with Gasteiger partial charge in [0.1, 0.15) is 17.9 Å². The molecule has 1 aromatic heterocycles. The third kappa shape index (κ3) is 3.80. The molecule has 0 radical (unpaired) electrons. The number of carbonyl (C=O) groups excluding carboxylic acids is 1. The highest BCUT2D eigenvalue weighted by molar-refractivity contribution is 7.93. The van der Waals surface area contributed by atoms with Crippen LogP contribution in [0.5, 0.6) is 0 Å². The van der Waals surface area contributed by atoms with Crippen LogP contribution in [0.15, 0.2) is 52.5 Å². The van der Waals surface area contributed by atoms with E-state index in [1.807, 2.05) is 0 Å². The zero-order valence-electron chi connectivity index (χ0n) is 16.5. The monoisotopic (exact) mass is 477 g/mol. The quantitative estimate of drug-likeness (QED) is 0.459. The summed E-state index contributed by atoms with van der Waals surface area (Å²) in [6, 6.07) is 11.6. The molecule has 0 unspecified atom stereocenters. The lowest BCUT2D eigenvalue weighted by molar-refractivity contribution is -0.121. The second-order valence-corrected chi connectivity index (χ2v) is 9.63. The van der Waals surface area contributed by atoms with E-state index in [0.29, 0.717) is 38.2 Å². The van der Waals surface area contributed by atoms with Crippen LogP contribution in [0.3, 0.4) is 0 Å². The Bertz CT molecular complexity index is 1330. The number of benzene rings is 2. The molecule has 0 spiro atoms. The Balaban J connectivity index is 1.57. The smallest absolute Gasteiger partial charge is 0.264 e. The summed E-state index contributed by atoms with van der Waals surface area (Å²) in [5.41, 5.74) is 5.13. The average molecular weight is 478 g/mol. The highest BCUT2D eigenvalue weighted by Gasteiger charge is 2.36. The number of hydrazone groups is 1. The van der Waals surface area contributed by atoms with Gasteiger partial charge in [0.15, 0.2) is 0 Å². The van der Waals surface area contributed by atoms with Crippen molar-refractivity contribution in [2.24, 2.45) is 5.10 Å². The molecule has 1 aliphatic rings. The molecule has 3 aromatic rings. The average Bonchev–Trinajstić information content (AvgIpc) is 3.05. The lowest BCUT2D eigenvalue weighted by Crippen LogP contribution is -2.30. The van der Waals surface area contributed by atoms with Crippen LogP contribution in [0.4, 0.5) is 5.69 Å². The Morgan fingerprint density at radius 3 is 2.68 bits per heavy atom. The molecule has 2 aromatic carbocycles. The normalized spacial score (nSPS) is 14.4. The molecule has 0 saturated heterocycles. The topological polar surface area (TPSA) is 96.7 Å². The summed E-state index contributed by atoms with van der Waals surface area (Å²) in [4.78, 5) is 12.6. The first-order valence-corrected chi connectivity index (χ1v) is 11.3. The van der Waals surface area contributed by atoms with E-state index in [4.69, 9.17) is 23.2 Å². The van der Waals surface area contributed by atoms with Crippen molar-refractivity contribution in [3.8, 4) is 11.3 Å². The van der Waals surface area contributed by atoms with Crippen LogP contribution in [0.1, 0.15) is 11.3 Å². The van der Waals surface area contributed by atoms with E-state index in [9.17, 15) is 13.2 Å². The summed E-state index contributed by atoms with van der Waals surface area (Å²) in [5, 5.41) is 9.23. The van der Waals surface area contributed by atoms with E-state index in [1.165, 1.54) is 22.2 Å². The summed E-state index contributed by atoms with van der Waals surface area (Å²) in [5.74, 6) is -0.418. The molecule has 11 heteroatoms. The van der Waals surface area contributed by atoms with E-state index < -0.39 is 15.9 Å². The van der Waals surface area contributed by atoms with Crippen LogP contribution in [0.25, 0.3) is 11.3 Å². The molecule has 160 valence electrons. The molecule has 31 heavy (non-hydrogen) atoms. The Morgan fingerprint density at radius 2 is 1.94 bits per heavy atom. The van der Waals surface area contributed by atoms with Gasteiger partial charge >= 0.3 is 0 Å². The Morgan fingerprint density at radius 1 is 1.19 bits per heavy atom. The van der Waals surface area contributed by atoms with E-state index >= 15 is 0 Å². The minimum absolute atomic E-state index is 0.131. The standard InChI is InChI=1S/C20H17Cl2N5O3S/c1-12-20-19(14-5-3-4-6-17(14)31(29,30)26(20)2)25-27(12)11-18(28)24-23-10-13-7-8-15(21)16(22)9-13/h3-10H,11H2,1-2H3,(H,24,28)/b23-10+. The predicted molar refractivity (Wildman–Crippen MR) is 120 cm³/mol. The molecule has 0 saturated carbocycles. The van der Waals surface area contributed by atoms with Crippen molar-refractivity contribution in [2.45, 2.75) is 18.4 Å². The maximum absolute atomic E-state index is 12.8. The summed E-state index contributed by atoms with van der Waals surface area (Å²) in [6.07, 6.45) is 1.44. The fraction of sp³-hybridized carbons (Fsp3) is 0.150. The summed E-state index contributed by atoms with van der Waals surface area (Å²) in [6.45, 7) is 1.59. The number of rotatable bonds is 4. The van der Waals surface area contributed by atoms with Gasteiger partial charge in [-0.3, -0.25) is 13.8 Å². The fourth-order valence-electron chi connectivity index (χ4n) is 3.35. The number of sulfonamides is 1. The predicted octanol–water partition coefficient (Wildman–Crippen LogP) is 3.45. The third-order valence-corrected chi connectivity index (χ3v) is 7.46. The van der Waals surface area contributed by atoms with Gasteiger partial charge in [-0.05, 0) is 30.7 Å². The minimum atomic E-state index is -3.69. The van der Waals surface area contributed by atoms with Crippen molar-refractivity contribution in [3.63, 3.8) is 0 Å². The number of anilines is 1. The highest BCUT2D eigenvalue weighted by Crippen LogP contribution is 2.43. The lowest BCUT2D eigenvalue weighted by atomic mass is 10.1. The molecule has 8 nitrogen and oxygen atoms in total. The first-order chi connectivity index (χ1) is 14.7. The van der Waals surface area contributed by atoms with Crippen LogP contribution in [0, 0.1) is 6.92 Å². The first kappa shape index (κ1) is 21.4. The van der Waals surface area contributed by atoms with Gasteiger partial charge in [0.05, 0.1) is 26.8 Å². The Kier molecular flexibility index (Phi) is 5.50. The van der Waals surface area contributed by atoms with Crippen LogP contribution in [-0.4, -0.2) is 37.4 Å². The molecular weight excluding hydrogens is 461 g/mol. The third-order valence-electron chi connectivity index (χ3n) is 4.91. The van der Waals surface area contributed by atoms with Gasteiger partial charge in [-0.1, -0.05) is 47.5 Å². The van der Waals surface area contributed by atoms with E-state index in [-0.39, 0.29) is 11.4 Å². The molecule has 0 fully saturated rings. The van der Waals surface area contributed by atoms with Gasteiger partial charge < -0.3 is 0 Å². The number of aromatic nitrogens is 2. The number of hydrogen-bond donors (Lipinski definition) is 1. The maximum atomic E-state index is 12.8. The molecule has 1 amide bonds. The van der Waals surface area contributed by atoms with Crippen LogP contribution >= 0.6 is 23.2 Å². The SMILES string of the molecule is Cc1c2c(nn1CC(=O)N/N=C/c1ccc(Cl)c(Cl)c1)-c1ccccc1S(=O)(=O)N2C. The number of hydrogen-bond acceptors (Lipinski definition) is 5. The van der Waals surface area contributed by atoms with Gasteiger partial charge in [0.2, 0.25) is 0 Å². The van der Waals surface area contributed by atoms with Gasteiger partial charge in [-0.15, -0.1) is 0 Å². The van der Waals surface area contributed by atoms with Crippen LogP contribution in [0.2, 0.25) is 10.0 Å². The van der Waals surface area contributed by atoms with Gasteiger partial charge in [-0.2, -0.15) is 10.2 Å². The zero-order chi connectivity index (χ0) is 22.3. The van der Waals surface area contributed by atoms with Gasteiger partial charge in [-0.25, -0.2) is 13.8 Å². The molecular formula is C20H17Cl2N5O3S. The second-order valence-electron chi connectivity index (χ2n) is 6.88. The van der Waals surface area contributed by atoms with Crippen molar-refractivity contribution >= 4 is 51.0 Å². The fourth-order valence-corrected chi connectivity index (χ4v) is 5.10. The molecule has 0 atom stereocenters. The maximum Gasteiger partial charge on any atom is 0.264 e. The minimum Gasteiger partial charge on any atom is -0.271 e. The van der Waals surface area contributed by atoms with Crippen molar-refractivity contribution in [2.75, 3.05) is 11.4 Å². The summed E-state index contributed by atoms with van der Waals surface area (Å²) >= 11 is 11.8. The number of halogens is 2.